The van der Waals surface area contributed by atoms with Crippen molar-refractivity contribution in [3.05, 3.63) is 41.4 Å². The normalized spacial score (nSPS) is 29.3. The highest BCUT2D eigenvalue weighted by atomic mass is 35.5. The Hall–Kier alpha value is -2.54. The van der Waals surface area contributed by atoms with Crippen LogP contribution in [0.25, 0.3) is 10.8 Å². The summed E-state index contributed by atoms with van der Waals surface area (Å²) in [6.45, 7) is -0.00131. The Morgan fingerprint density at radius 3 is 2.48 bits per heavy atom. The number of amides is 1. The van der Waals surface area contributed by atoms with Gasteiger partial charge in [0.05, 0.1) is 13.0 Å². The number of aliphatic carboxylic acids is 1. The zero-order valence-electron chi connectivity index (χ0n) is 17.3. The molecule has 1 aliphatic rings. The predicted octanol–water partition coefficient (Wildman–Crippen LogP) is 0.319. The summed E-state index contributed by atoms with van der Waals surface area (Å²) in [5, 5.41) is 53.1. The largest absolute Gasteiger partial charge is 0.476 e. The Balaban J connectivity index is 2.11. The maximum atomic E-state index is 15.5. The van der Waals surface area contributed by atoms with Crippen LogP contribution in [-0.4, -0.2) is 80.0 Å². The molecule has 3 rings (SSSR count). The van der Waals surface area contributed by atoms with Crippen molar-refractivity contribution in [1.82, 2.24) is 5.32 Å². The zero-order chi connectivity index (χ0) is 24.6. The van der Waals surface area contributed by atoms with Crippen molar-refractivity contribution in [3.8, 4) is 5.75 Å². The Morgan fingerprint density at radius 1 is 1.27 bits per heavy atom. The number of carboxylic acid groups (broad SMARTS) is 1. The molecule has 180 valence electrons. The van der Waals surface area contributed by atoms with Gasteiger partial charge in [-0.05, 0) is 12.1 Å². The number of hydrogen-bond donors (Lipinski definition) is 6. The number of nitrogens with one attached hydrogen (secondary N) is 1. The molecule has 10 nitrogen and oxygen atoms in total. The number of alkyl halides is 1. The Labute approximate surface area is 192 Å². The summed E-state index contributed by atoms with van der Waals surface area (Å²) < 4.78 is 26.5. The average Bonchev–Trinajstić information content (AvgIpc) is 2.76. The number of carbonyl (C=O) groups is 2. The minimum atomic E-state index is -3.47. The first kappa shape index (κ1) is 25.1. The van der Waals surface area contributed by atoms with E-state index in [9.17, 15) is 35.1 Å². The van der Waals surface area contributed by atoms with E-state index >= 15 is 4.39 Å². The number of halogens is 2. The number of fused-ring (bicyclic) bond motifs is 1. The van der Waals surface area contributed by atoms with E-state index in [2.05, 4.69) is 5.32 Å². The molecule has 1 fully saturated rings. The van der Waals surface area contributed by atoms with Crippen molar-refractivity contribution in [2.75, 3.05) is 6.61 Å². The number of benzene rings is 2. The van der Waals surface area contributed by atoms with E-state index in [1.807, 2.05) is 0 Å². The molecular formula is C21H23ClFNO9. The Kier molecular flexibility index (Phi) is 7.13. The minimum Gasteiger partial charge on any atom is -0.476 e. The van der Waals surface area contributed by atoms with E-state index in [4.69, 9.17) is 21.1 Å². The third-order valence-electron chi connectivity index (χ3n) is 5.32. The standard InChI is InChI=1S/C21H23ClFNO9/c1-10(26)24-18-17(16(28)14(27)8-25)33-21(19(29)30,9-20(18,23)31)32-15-7-6-13(22)11-4-2-3-5-12(11)15/h2-7,14,16-18,25,27-28,31H,8-9H2,1H3,(H,24,26)(H,29,30)/t14-,16-,17+,18+,20+,21?/m1/s1. The number of aliphatic hydroxyl groups excluding tert-OH is 3. The summed E-state index contributed by atoms with van der Waals surface area (Å²) in [6, 6.07) is 7.27. The average molecular weight is 488 g/mol. The molecule has 2 aromatic carbocycles. The summed E-state index contributed by atoms with van der Waals surface area (Å²) in [6.07, 6.45) is -7.37. The van der Waals surface area contributed by atoms with Crippen molar-refractivity contribution in [2.24, 2.45) is 0 Å². The maximum absolute atomic E-state index is 15.5. The first-order valence-electron chi connectivity index (χ1n) is 9.84. The quantitative estimate of drug-likeness (QED) is 0.322. The second kappa shape index (κ2) is 9.37. The lowest BCUT2D eigenvalue weighted by atomic mass is 9.86. The lowest BCUT2D eigenvalue weighted by Crippen LogP contribution is -2.72. The van der Waals surface area contributed by atoms with Crippen molar-refractivity contribution >= 4 is 34.2 Å². The molecule has 0 radical (unpaired) electrons. The fraction of sp³-hybridized carbons (Fsp3) is 0.429. The monoisotopic (exact) mass is 487 g/mol. The lowest BCUT2D eigenvalue weighted by molar-refractivity contribution is -0.325. The molecule has 12 heteroatoms. The molecule has 1 saturated heterocycles. The molecule has 6 atom stereocenters. The van der Waals surface area contributed by atoms with E-state index in [-0.39, 0.29) is 5.75 Å². The third kappa shape index (κ3) is 4.88. The van der Waals surface area contributed by atoms with Crippen molar-refractivity contribution in [1.29, 1.82) is 0 Å². The lowest BCUT2D eigenvalue weighted by Gasteiger charge is -2.48. The van der Waals surface area contributed by atoms with E-state index in [1.165, 1.54) is 12.1 Å². The summed E-state index contributed by atoms with van der Waals surface area (Å²) >= 11 is 6.17. The number of aliphatic hydroxyl groups is 4. The molecule has 33 heavy (non-hydrogen) atoms. The van der Waals surface area contributed by atoms with Crippen molar-refractivity contribution < 1.29 is 49.0 Å². The first-order valence-corrected chi connectivity index (χ1v) is 10.2. The van der Waals surface area contributed by atoms with Crippen LogP contribution in [-0.2, 0) is 14.3 Å². The fourth-order valence-corrected chi connectivity index (χ4v) is 3.98. The first-order chi connectivity index (χ1) is 15.4. The van der Waals surface area contributed by atoms with Crippen LogP contribution in [0.2, 0.25) is 5.02 Å². The van der Waals surface area contributed by atoms with Gasteiger partial charge in [0.2, 0.25) is 11.8 Å². The molecule has 0 aliphatic carbocycles. The van der Waals surface area contributed by atoms with E-state index in [1.54, 1.807) is 24.3 Å². The topological polar surface area (TPSA) is 166 Å². The van der Waals surface area contributed by atoms with Crippen LogP contribution in [0.1, 0.15) is 13.3 Å². The van der Waals surface area contributed by atoms with Gasteiger partial charge in [-0.2, -0.15) is 0 Å². The molecule has 0 bridgehead atoms. The van der Waals surface area contributed by atoms with Crippen LogP contribution in [0, 0.1) is 0 Å². The van der Waals surface area contributed by atoms with Crippen LogP contribution in [0.4, 0.5) is 4.39 Å². The van der Waals surface area contributed by atoms with Crippen LogP contribution in [0.5, 0.6) is 5.75 Å². The van der Waals surface area contributed by atoms with Gasteiger partial charge in [0.15, 0.2) is 0 Å². The van der Waals surface area contributed by atoms with Gasteiger partial charge >= 0.3 is 11.8 Å². The highest BCUT2D eigenvalue weighted by Gasteiger charge is 2.63. The molecule has 0 saturated carbocycles. The molecule has 1 heterocycles. The number of ether oxygens (including phenoxy) is 2. The van der Waals surface area contributed by atoms with Gasteiger partial charge < -0.3 is 40.3 Å². The summed E-state index contributed by atoms with van der Waals surface area (Å²) in [5.74, 6) is -9.12. The fourth-order valence-electron chi connectivity index (χ4n) is 3.75. The van der Waals surface area contributed by atoms with Crippen LogP contribution < -0.4 is 10.1 Å². The highest BCUT2D eigenvalue weighted by Crippen LogP contribution is 2.42. The minimum absolute atomic E-state index is 0.0814. The Morgan fingerprint density at radius 2 is 1.91 bits per heavy atom. The molecule has 1 unspecified atom stereocenters. The van der Waals surface area contributed by atoms with Crippen LogP contribution >= 0.6 is 11.6 Å². The number of hydrogen-bond acceptors (Lipinski definition) is 8. The van der Waals surface area contributed by atoms with Gasteiger partial charge in [0.1, 0.15) is 30.1 Å². The second-order valence-electron chi connectivity index (χ2n) is 7.75. The molecule has 1 aliphatic heterocycles. The van der Waals surface area contributed by atoms with Crippen LogP contribution in [0.15, 0.2) is 36.4 Å². The van der Waals surface area contributed by atoms with Gasteiger partial charge in [-0.1, -0.05) is 35.9 Å². The molecule has 1 amide bonds. The molecular weight excluding hydrogens is 465 g/mol. The SMILES string of the molecule is CC(=O)N[C@H]1[C@H]([C@H](O)[C@H](O)CO)OC(Oc2ccc(Cl)c3ccccc23)(C(=O)O)C[C@@]1(O)F. The smallest absolute Gasteiger partial charge is 0.377 e. The van der Waals surface area contributed by atoms with E-state index in [0.717, 1.165) is 6.92 Å². The summed E-state index contributed by atoms with van der Waals surface area (Å²) in [7, 11) is 0. The molecule has 0 spiro atoms. The molecule has 0 aromatic heterocycles. The van der Waals surface area contributed by atoms with Crippen LogP contribution in [0.3, 0.4) is 0 Å². The predicted molar refractivity (Wildman–Crippen MR) is 112 cm³/mol. The van der Waals surface area contributed by atoms with Gasteiger partial charge in [-0.25, -0.2) is 9.18 Å². The van der Waals surface area contributed by atoms with Gasteiger partial charge in [0, 0.05) is 22.7 Å². The third-order valence-corrected chi connectivity index (χ3v) is 5.65. The summed E-state index contributed by atoms with van der Waals surface area (Å²) in [5.41, 5.74) is 0. The number of carbonyl (C=O) groups excluding carboxylic acids is 1. The van der Waals surface area contributed by atoms with Crippen molar-refractivity contribution in [2.45, 2.75) is 49.3 Å². The van der Waals surface area contributed by atoms with Gasteiger partial charge in [-0.3, -0.25) is 4.79 Å². The molecule has 2 aromatic rings. The van der Waals surface area contributed by atoms with Gasteiger partial charge in [0.25, 0.3) is 0 Å². The van der Waals surface area contributed by atoms with Crippen molar-refractivity contribution in [3.63, 3.8) is 0 Å². The van der Waals surface area contributed by atoms with E-state index in [0.29, 0.717) is 15.8 Å². The number of rotatable bonds is 7. The maximum Gasteiger partial charge on any atom is 0.377 e. The zero-order valence-corrected chi connectivity index (χ0v) is 18.1. The van der Waals surface area contributed by atoms with E-state index < -0.39 is 60.9 Å². The number of carboxylic acids is 1. The highest BCUT2D eigenvalue weighted by molar-refractivity contribution is 6.35. The Bertz CT molecular complexity index is 1050. The molecule has 6 N–H and O–H groups in total. The summed E-state index contributed by atoms with van der Waals surface area (Å²) in [4.78, 5) is 23.8. The van der Waals surface area contributed by atoms with Gasteiger partial charge in [-0.15, -0.1) is 0 Å². The second-order valence-corrected chi connectivity index (χ2v) is 8.15.